The van der Waals surface area contributed by atoms with Gasteiger partial charge < -0.3 is 5.73 Å². The van der Waals surface area contributed by atoms with Gasteiger partial charge >= 0.3 is 12.1 Å². The van der Waals surface area contributed by atoms with E-state index in [1.807, 2.05) is 0 Å². The van der Waals surface area contributed by atoms with Crippen molar-refractivity contribution in [1.82, 2.24) is 15.8 Å². The maximum absolute atomic E-state index is 11.4. The molecular weight excluding hydrogens is 200 g/mol. The zero-order valence-electron chi connectivity index (χ0n) is 8.28. The fourth-order valence-corrected chi connectivity index (χ4v) is 1.32. The van der Waals surface area contributed by atoms with E-state index in [-0.39, 0.29) is 5.91 Å². The predicted molar refractivity (Wildman–Crippen MR) is 51.4 cm³/mol. The van der Waals surface area contributed by atoms with Crippen molar-refractivity contribution in [2.75, 3.05) is 6.54 Å². The topological polar surface area (TPSA) is 105 Å². The lowest BCUT2D eigenvalue weighted by molar-refractivity contribution is -0.120. The minimum Gasteiger partial charge on any atom is -0.350 e. The van der Waals surface area contributed by atoms with Crippen LogP contribution in [0, 0.1) is 0 Å². The Morgan fingerprint density at radius 2 is 2.07 bits per heavy atom. The minimum atomic E-state index is -0.822. The van der Waals surface area contributed by atoms with Crippen LogP contribution in [0.3, 0.4) is 0 Å². The molecule has 4 N–H and O–H groups in total. The van der Waals surface area contributed by atoms with Crippen LogP contribution in [0.25, 0.3) is 0 Å². The second kappa shape index (κ2) is 5.18. The first-order valence-corrected chi connectivity index (χ1v) is 4.77. The fourth-order valence-electron chi connectivity index (χ4n) is 1.32. The number of rotatable bonds is 1. The van der Waals surface area contributed by atoms with Gasteiger partial charge in [0.15, 0.2) is 0 Å². The van der Waals surface area contributed by atoms with Crippen LogP contribution in [-0.2, 0) is 4.79 Å². The number of nitrogens with two attached hydrogens (primary N) is 1. The number of urea groups is 2. The fraction of sp³-hybridized carbons (Fsp3) is 0.625. The first-order valence-electron chi connectivity index (χ1n) is 4.77. The summed E-state index contributed by atoms with van der Waals surface area (Å²) in [5.74, 6) is -0.335. The van der Waals surface area contributed by atoms with Crippen molar-refractivity contribution in [3.05, 3.63) is 0 Å². The molecule has 0 bridgehead atoms. The van der Waals surface area contributed by atoms with E-state index in [4.69, 9.17) is 5.73 Å². The van der Waals surface area contributed by atoms with Crippen molar-refractivity contribution in [3.8, 4) is 0 Å². The molecule has 0 spiro atoms. The molecule has 1 aliphatic heterocycles. The van der Waals surface area contributed by atoms with E-state index in [0.29, 0.717) is 13.0 Å². The molecule has 7 nitrogen and oxygen atoms in total. The van der Waals surface area contributed by atoms with Crippen LogP contribution in [0.1, 0.15) is 25.7 Å². The van der Waals surface area contributed by atoms with Gasteiger partial charge in [0.05, 0.1) is 0 Å². The third kappa shape index (κ3) is 3.84. The lowest BCUT2D eigenvalue weighted by Crippen LogP contribution is -2.53. The second-order valence-corrected chi connectivity index (χ2v) is 3.29. The van der Waals surface area contributed by atoms with Gasteiger partial charge in [-0.3, -0.25) is 10.1 Å². The van der Waals surface area contributed by atoms with Gasteiger partial charge in [-0.05, 0) is 12.8 Å². The maximum atomic E-state index is 11.4. The molecule has 1 heterocycles. The van der Waals surface area contributed by atoms with Crippen molar-refractivity contribution >= 4 is 18.0 Å². The Labute approximate surface area is 86.9 Å². The van der Waals surface area contributed by atoms with Crippen molar-refractivity contribution in [1.29, 1.82) is 0 Å². The van der Waals surface area contributed by atoms with E-state index in [2.05, 4.69) is 10.7 Å². The third-order valence-corrected chi connectivity index (χ3v) is 2.02. The van der Waals surface area contributed by atoms with Crippen molar-refractivity contribution in [2.24, 2.45) is 5.73 Å². The highest BCUT2D eigenvalue weighted by Crippen LogP contribution is 2.04. The molecule has 1 rings (SSSR count). The second-order valence-electron chi connectivity index (χ2n) is 3.29. The smallest absolute Gasteiger partial charge is 0.342 e. The van der Waals surface area contributed by atoms with Crippen molar-refractivity contribution in [2.45, 2.75) is 25.7 Å². The average Bonchev–Trinajstić information content (AvgIpc) is 2.19. The van der Waals surface area contributed by atoms with Crippen LogP contribution in [0.5, 0.6) is 0 Å². The number of amides is 5. The standard InChI is InChI=1S/C8H14N4O3/c9-7(14)11-12-5-3-1-2-4-6(13)10-8(12)15/h1-5H2,(H3,9,11,14)(H,10,13,15). The summed E-state index contributed by atoms with van der Waals surface area (Å²) in [5.41, 5.74) is 7.05. The SMILES string of the molecule is NC(=O)NN1CCCCCC(=O)NC1=O. The van der Waals surface area contributed by atoms with Crippen LogP contribution in [0.2, 0.25) is 0 Å². The van der Waals surface area contributed by atoms with Crippen LogP contribution in [0.4, 0.5) is 9.59 Å². The third-order valence-electron chi connectivity index (χ3n) is 2.02. The van der Waals surface area contributed by atoms with Gasteiger partial charge in [0.2, 0.25) is 5.91 Å². The molecule has 0 aliphatic carbocycles. The van der Waals surface area contributed by atoms with Crippen LogP contribution < -0.4 is 16.5 Å². The number of nitrogens with zero attached hydrogens (tertiary/aromatic N) is 1. The number of nitrogens with one attached hydrogen (secondary N) is 2. The molecule has 5 amide bonds. The van der Waals surface area contributed by atoms with E-state index in [1.165, 1.54) is 0 Å². The number of carbonyl (C=O) groups is 3. The van der Waals surface area contributed by atoms with Crippen LogP contribution in [0.15, 0.2) is 0 Å². The Hall–Kier alpha value is -1.79. The summed E-state index contributed by atoms with van der Waals surface area (Å²) in [6, 6.07) is -1.46. The summed E-state index contributed by atoms with van der Waals surface area (Å²) in [6.45, 7) is 0.349. The Balaban J connectivity index is 2.61. The molecule has 0 radical (unpaired) electrons. The average molecular weight is 214 g/mol. The largest absolute Gasteiger partial charge is 0.350 e. The monoisotopic (exact) mass is 214 g/mol. The minimum absolute atomic E-state index is 0.330. The molecule has 0 unspecified atom stereocenters. The summed E-state index contributed by atoms with van der Waals surface area (Å²) < 4.78 is 0. The molecule has 84 valence electrons. The maximum Gasteiger partial charge on any atom is 0.342 e. The molecule has 1 aliphatic rings. The lowest BCUT2D eigenvalue weighted by Gasteiger charge is -2.20. The zero-order valence-corrected chi connectivity index (χ0v) is 8.28. The number of hydrazine groups is 1. The molecular formula is C8H14N4O3. The van der Waals surface area contributed by atoms with Gasteiger partial charge in [0.1, 0.15) is 0 Å². The zero-order chi connectivity index (χ0) is 11.3. The van der Waals surface area contributed by atoms with E-state index in [1.54, 1.807) is 0 Å². The summed E-state index contributed by atoms with van der Waals surface area (Å²) in [7, 11) is 0. The molecule has 0 aromatic heterocycles. The van der Waals surface area contributed by atoms with Gasteiger partial charge in [0, 0.05) is 13.0 Å². The van der Waals surface area contributed by atoms with E-state index >= 15 is 0 Å². The number of imide groups is 1. The molecule has 0 atom stereocenters. The van der Waals surface area contributed by atoms with Gasteiger partial charge in [-0.1, -0.05) is 6.42 Å². The first kappa shape index (κ1) is 11.3. The molecule has 1 fully saturated rings. The van der Waals surface area contributed by atoms with E-state index in [9.17, 15) is 14.4 Å². The highest BCUT2D eigenvalue weighted by atomic mass is 16.2. The highest BCUT2D eigenvalue weighted by molar-refractivity contribution is 5.94. The number of hydrogen-bond acceptors (Lipinski definition) is 3. The highest BCUT2D eigenvalue weighted by Gasteiger charge is 2.18. The molecule has 0 aromatic rings. The molecule has 1 saturated heterocycles. The summed E-state index contributed by atoms with van der Waals surface area (Å²) in [4.78, 5) is 33.1. The van der Waals surface area contributed by atoms with Gasteiger partial charge in [-0.2, -0.15) is 0 Å². The quantitative estimate of drug-likeness (QED) is 0.557. The number of hydrogen-bond donors (Lipinski definition) is 3. The Morgan fingerprint density at radius 1 is 1.33 bits per heavy atom. The Bertz CT molecular complexity index is 279. The van der Waals surface area contributed by atoms with Crippen molar-refractivity contribution < 1.29 is 14.4 Å². The molecule has 0 aromatic carbocycles. The summed E-state index contributed by atoms with van der Waals surface area (Å²) >= 11 is 0. The Morgan fingerprint density at radius 3 is 2.73 bits per heavy atom. The van der Waals surface area contributed by atoms with Gasteiger partial charge in [0.25, 0.3) is 0 Å². The number of primary amides is 1. The van der Waals surface area contributed by atoms with Gasteiger partial charge in [-0.15, -0.1) is 0 Å². The number of carbonyl (C=O) groups excluding carboxylic acids is 3. The molecule has 7 heteroatoms. The van der Waals surface area contributed by atoms with E-state index in [0.717, 1.165) is 24.3 Å². The summed E-state index contributed by atoms with van der Waals surface area (Å²) in [6.07, 6.45) is 2.62. The van der Waals surface area contributed by atoms with Crippen molar-refractivity contribution in [3.63, 3.8) is 0 Å². The Kier molecular flexibility index (Phi) is 3.90. The first-order chi connectivity index (χ1) is 7.09. The predicted octanol–water partition coefficient (Wildman–Crippen LogP) is -0.318. The molecule has 0 saturated carbocycles. The van der Waals surface area contributed by atoms with E-state index < -0.39 is 12.1 Å². The lowest BCUT2D eigenvalue weighted by atomic mass is 10.2. The van der Waals surface area contributed by atoms with Gasteiger partial charge in [-0.25, -0.2) is 20.0 Å². The van der Waals surface area contributed by atoms with Crippen LogP contribution in [-0.4, -0.2) is 29.5 Å². The normalized spacial score (nSPS) is 18.5. The summed E-state index contributed by atoms with van der Waals surface area (Å²) in [5, 5.41) is 3.17. The van der Waals surface area contributed by atoms with Crippen LogP contribution >= 0.6 is 0 Å². The molecule has 15 heavy (non-hydrogen) atoms.